The fraction of sp³-hybridized carbons (Fsp3) is 0.600. The molecule has 2 heteroatoms. The molecule has 0 aromatic carbocycles. The van der Waals surface area contributed by atoms with E-state index in [1.807, 2.05) is 26.0 Å². The van der Waals surface area contributed by atoms with Gasteiger partial charge < -0.3 is 10.4 Å². The summed E-state index contributed by atoms with van der Waals surface area (Å²) in [6.07, 6.45) is 8.82. The topological polar surface area (TPSA) is 32.3 Å². The number of nitrogens with one attached hydrogen (secondary N) is 1. The van der Waals surface area contributed by atoms with Crippen molar-refractivity contribution in [2.75, 3.05) is 13.1 Å². The molecule has 0 aliphatic heterocycles. The van der Waals surface area contributed by atoms with Crippen LogP contribution in [0.3, 0.4) is 0 Å². The first-order valence-corrected chi connectivity index (χ1v) is 6.59. The van der Waals surface area contributed by atoms with Crippen molar-refractivity contribution < 1.29 is 5.11 Å². The largest absolute Gasteiger partial charge is 0.392 e. The Bertz CT molecular complexity index is 241. The SMILES string of the molecule is C=C/C=C(\C=C)CNCC(O)CC1CC1.CC. The van der Waals surface area contributed by atoms with Crippen LogP contribution in [-0.2, 0) is 0 Å². The minimum Gasteiger partial charge on any atom is -0.392 e. The molecular formula is C15H27NO. The molecule has 0 heterocycles. The van der Waals surface area contributed by atoms with E-state index in [-0.39, 0.29) is 6.10 Å². The minimum absolute atomic E-state index is 0.202. The number of aliphatic hydroxyl groups excluding tert-OH is 1. The molecule has 1 fully saturated rings. The molecule has 0 bridgehead atoms. The van der Waals surface area contributed by atoms with Gasteiger partial charge in [-0.3, -0.25) is 0 Å². The summed E-state index contributed by atoms with van der Waals surface area (Å²) in [6, 6.07) is 0. The quantitative estimate of drug-likeness (QED) is 0.636. The van der Waals surface area contributed by atoms with Crippen molar-refractivity contribution in [3.63, 3.8) is 0 Å². The summed E-state index contributed by atoms with van der Waals surface area (Å²) in [4.78, 5) is 0. The predicted octanol–water partition coefficient (Wildman–Crippen LogP) is 3.06. The Morgan fingerprint density at radius 2 is 2.06 bits per heavy atom. The van der Waals surface area contributed by atoms with E-state index in [9.17, 15) is 5.11 Å². The van der Waals surface area contributed by atoms with Gasteiger partial charge in [0.15, 0.2) is 0 Å². The Balaban J connectivity index is 0.00000121. The summed E-state index contributed by atoms with van der Waals surface area (Å²) >= 11 is 0. The third-order valence-electron chi connectivity index (χ3n) is 2.61. The number of aliphatic hydroxyl groups is 1. The lowest BCUT2D eigenvalue weighted by atomic mass is 10.1. The van der Waals surface area contributed by atoms with Crippen LogP contribution in [0.4, 0.5) is 0 Å². The molecule has 0 aromatic heterocycles. The van der Waals surface area contributed by atoms with Gasteiger partial charge in [0.25, 0.3) is 0 Å². The Morgan fingerprint density at radius 3 is 2.53 bits per heavy atom. The van der Waals surface area contributed by atoms with Gasteiger partial charge in [-0.1, -0.05) is 58.1 Å². The fourth-order valence-electron chi connectivity index (χ4n) is 1.56. The second-order valence-electron chi connectivity index (χ2n) is 4.15. The lowest BCUT2D eigenvalue weighted by Crippen LogP contribution is -2.28. The van der Waals surface area contributed by atoms with Gasteiger partial charge in [0.1, 0.15) is 0 Å². The van der Waals surface area contributed by atoms with Crippen LogP contribution in [0.25, 0.3) is 0 Å². The van der Waals surface area contributed by atoms with Crippen LogP contribution < -0.4 is 5.32 Å². The highest BCUT2D eigenvalue weighted by Gasteiger charge is 2.24. The second kappa shape index (κ2) is 10.3. The summed E-state index contributed by atoms with van der Waals surface area (Å²) in [6.45, 7) is 12.8. The standard InChI is InChI=1S/C13H21NO.C2H6/c1-3-5-11(4-2)9-14-10-13(15)8-12-6-7-12;1-2/h3-5,12-15H,1-2,6-10H2;1-2H3/b11-5+;. The highest BCUT2D eigenvalue weighted by atomic mass is 16.3. The molecule has 2 nitrogen and oxygen atoms in total. The normalized spacial score (nSPS) is 16.8. The lowest BCUT2D eigenvalue weighted by Gasteiger charge is -2.11. The van der Waals surface area contributed by atoms with Gasteiger partial charge in [0.05, 0.1) is 6.10 Å². The summed E-state index contributed by atoms with van der Waals surface area (Å²) < 4.78 is 0. The number of allylic oxidation sites excluding steroid dienone is 2. The maximum atomic E-state index is 9.65. The number of hydrogen-bond donors (Lipinski definition) is 2. The monoisotopic (exact) mass is 237 g/mol. The van der Waals surface area contributed by atoms with Gasteiger partial charge in [-0.2, -0.15) is 0 Å². The Morgan fingerprint density at radius 1 is 1.41 bits per heavy atom. The Hall–Kier alpha value is -0.860. The van der Waals surface area contributed by atoms with E-state index in [1.165, 1.54) is 12.8 Å². The predicted molar refractivity (Wildman–Crippen MR) is 76.0 cm³/mol. The summed E-state index contributed by atoms with van der Waals surface area (Å²) in [7, 11) is 0. The van der Waals surface area contributed by atoms with Crippen LogP contribution in [0.2, 0.25) is 0 Å². The fourth-order valence-corrected chi connectivity index (χ4v) is 1.56. The minimum atomic E-state index is -0.202. The van der Waals surface area contributed by atoms with E-state index < -0.39 is 0 Å². The van der Waals surface area contributed by atoms with E-state index >= 15 is 0 Å². The van der Waals surface area contributed by atoms with Gasteiger partial charge in [-0.15, -0.1) is 0 Å². The highest BCUT2D eigenvalue weighted by molar-refractivity contribution is 5.22. The molecule has 0 saturated heterocycles. The first-order valence-electron chi connectivity index (χ1n) is 6.59. The first kappa shape index (κ1) is 16.1. The molecule has 1 unspecified atom stereocenters. The number of hydrogen-bond acceptors (Lipinski definition) is 2. The molecule has 1 rings (SSSR count). The van der Waals surface area contributed by atoms with Crippen molar-refractivity contribution in [2.45, 2.75) is 39.2 Å². The van der Waals surface area contributed by atoms with E-state index in [0.717, 1.165) is 24.5 Å². The van der Waals surface area contributed by atoms with Crippen LogP contribution in [-0.4, -0.2) is 24.3 Å². The molecule has 1 saturated carbocycles. The van der Waals surface area contributed by atoms with Crippen molar-refractivity contribution in [3.05, 3.63) is 37.0 Å². The van der Waals surface area contributed by atoms with Crippen molar-refractivity contribution in [3.8, 4) is 0 Å². The second-order valence-corrected chi connectivity index (χ2v) is 4.15. The van der Waals surface area contributed by atoms with Crippen molar-refractivity contribution in [2.24, 2.45) is 5.92 Å². The summed E-state index contributed by atoms with van der Waals surface area (Å²) in [5.41, 5.74) is 1.10. The molecule has 0 amide bonds. The van der Waals surface area contributed by atoms with E-state index in [4.69, 9.17) is 0 Å². The van der Waals surface area contributed by atoms with Gasteiger partial charge in [-0.25, -0.2) is 0 Å². The molecule has 1 aliphatic carbocycles. The summed E-state index contributed by atoms with van der Waals surface area (Å²) in [5, 5.41) is 12.9. The highest BCUT2D eigenvalue weighted by Crippen LogP contribution is 2.33. The van der Waals surface area contributed by atoms with Crippen LogP contribution in [0.15, 0.2) is 37.0 Å². The molecule has 0 radical (unpaired) electrons. The molecule has 1 aliphatic rings. The van der Waals surface area contributed by atoms with Crippen LogP contribution >= 0.6 is 0 Å². The third-order valence-corrected chi connectivity index (χ3v) is 2.61. The molecule has 98 valence electrons. The number of rotatable bonds is 8. The summed E-state index contributed by atoms with van der Waals surface area (Å²) in [5.74, 6) is 0.782. The zero-order valence-electron chi connectivity index (χ0n) is 11.3. The van der Waals surface area contributed by atoms with Gasteiger partial charge >= 0.3 is 0 Å². The van der Waals surface area contributed by atoms with Gasteiger partial charge in [0.2, 0.25) is 0 Å². The lowest BCUT2D eigenvalue weighted by molar-refractivity contribution is 0.156. The maximum Gasteiger partial charge on any atom is 0.0667 e. The molecule has 17 heavy (non-hydrogen) atoms. The zero-order valence-corrected chi connectivity index (χ0v) is 11.3. The van der Waals surface area contributed by atoms with Crippen LogP contribution in [0, 0.1) is 5.92 Å². The Labute approximate surface area is 106 Å². The van der Waals surface area contributed by atoms with Crippen molar-refractivity contribution in [1.82, 2.24) is 5.32 Å². The molecule has 1 atom stereocenters. The smallest absolute Gasteiger partial charge is 0.0667 e. The average Bonchev–Trinajstić information content (AvgIpc) is 3.14. The Kier molecular flexibility index (Phi) is 9.78. The van der Waals surface area contributed by atoms with E-state index in [2.05, 4.69) is 18.5 Å². The van der Waals surface area contributed by atoms with Gasteiger partial charge in [-0.05, 0) is 17.9 Å². The molecule has 2 N–H and O–H groups in total. The third kappa shape index (κ3) is 8.90. The first-order chi connectivity index (χ1) is 8.26. The van der Waals surface area contributed by atoms with E-state index in [0.29, 0.717) is 6.54 Å². The van der Waals surface area contributed by atoms with E-state index in [1.54, 1.807) is 6.08 Å². The van der Waals surface area contributed by atoms with Crippen LogP contribution in [0.1, 0.15) is 33.1 Å². The average molecular weight is 237 g/mol. The molecular weight excluding hydrogens is 210 g/mol. The maximum absolute atomic E-state index is 9.65. The zero-order chi connectivity index (χ0) is 13.1. The van der Waals surface area contributed by atoms with Gasteiger partial charge in [0, 0.05) is 13.1 Å². The molecule has 0 spiro atoms. The van der Waals surface area contributed by atoms with Crippen molar-refractivity contribution >= 4 is 0 Å². The van der Waals surface area contributed by atoms with Crippen LogP contribution in [0.5, 0.6) is 0 Å². The molecule has 0 aromatic rings. The van der Waals surface area contributed by atoms with Crippen molar-refractivity contribution in [1.29, 1.82) is 0 Å².